The normalized spacial score (nSPS) is 12.6. The summed E-state index contributed by atoms with van der Waals surface area (Å²) >= 11 is 0. The summed E-state index contributed by atoms with van der Waals surface area (Å²) in [6, 6.07) is 10.5. The molecular weight excluding hydrogens is 372 g/mol. The predicted molar refractivity (Wildman–Crippen MR) is 110 cm³/mol. The molecule has 1 heterocycles. The van der Waals surface area contributed by atoms with Gasteiger partial charge in [-0.1, -0.05) is 39.0 Å². The largest absolute Gasteiger partial charge is 0.479 e. The molecule has 6 heteroatoms. The third-order valence-electron chi connectivity index (χ3n) is 4.61. The smallest absolute Gasteiger partial charge is 0.344 e. The summed E-state index contributed by atoms with van der Waals surface area (Å²) < 4.78 is 16.9. The summed E-state index contributed by atoms with van der Waals surface area (Å²) in [4.78, 5) is 23.9. The van der Waals surface area contributed by atoms with Crippen molar-refractivity contribution in [2.24, 2.45) is 0 Å². The molecule has 0 fully saturated rings. The van der Waals surface area contributed by atoms with E-state index in [0.29, 0.717) is 22.5 Å². The van der Waals surface area contributed by atoms with Crippen LogP contribution in [0.1, 0.15) is 38.8 Å². The lowest BCUT2D eigenvalue weighted by Crippen LogP contribution is -2.22. The monoisotopic (exact) mass is 396 g/mol. The lowest BCUT2D eigenvalue weighted by Gasteiger charge is -2.23. The molecule has 0 aliphatic carbocycles. The fourth-order valence-electron chi connectivity index (χ4n) is 2.98. The van der Waals surface area contributed by atoms with Crippen molar-refractivity contribution in [3.63, 3.8) is 0 Å². The van der Waals surface area contributed by atoms with E-state index in [1.807, 2.05) is 25.1 Å². The molecule has 1 N–H and O–H groups in total. The van der Waals surface area contributed by atoms with Crippen LogP contribution in [0.5, 0.6) is 17.2 Å². The van der Waals surface area contributed by atoms with E-state index in [1.54, 1.807) is 6.07 Å². The first kappa shape index (κ1) is 20.5. The van der Waals surface area contributed by atoms with Crippen molar-refractivity contribution in [1.82, 2.24) is 0 Å². The second-order valence-corrected chi connectivity index (χ2v) is 7.99. The van der Waals surface area contributed by atoms with Gasteiger partial charge < -0.3 is 19.0 Å². The molecule has 0 amide bonds. The number of para-hydroxylation sites is 1. The number of fused-ring (bicyclic) bond motifs is 1. The fraction of sp³-hybridized carbons (Fsp3) is 0.304. The first-order valence-corrected chi connectivity index (χ1v) is 9.31. The highest BCUT2D eigenvalue weighted by atomic mass is 16.5. The van der Waals surface area contributed by atoms with Crippen LogP contribution >= 0.6 is 0 Å². The minimum atomic E-state index is -1.08. The average Bonchev–Trinajstić information content (AvgIpc) is 2.64. The number of carbonyl (C=O) groups is 1. The highest BCUT2D eigenvalue weighted by Gasteiger charge is 2.22. The first-order chi connectivity index (χ1) is 13.6. The SMILES string of the molecule is Cc1cccc(C(C)(C)C)c1Oc1coc2cc(OC(C)C(=O)O)ccc2c1=O. The molecule has 0 aliphatic rings. The molecule has 1 unspecified atom stereocenters. The second kappa shape index (κ2) is 7.62. The molecule has 2 aromatic carbocycles. The molecule has 0 spiro atoms. The van der Waals surface area contributed by atoms with Gasteiger partial charge in [0.25, 0.3) is 0 Å². The van der Waals surface area contributed by atoms with Crippen LogP contribution in [0.25, 0.3) is 11.0 Å². The number of carboxylic acid groups (broad SMARTS) is 1. The second-order valence-electron chi connectivity index (χ2n) is 7.99. The minimum Gasteiger partial charge on any atom is -0.479 e. The summed E-state index contributed by atoms with van der Waals surface area (Å²) in [5, 5.41) is 9.29. The predicted octanol–water partition coefficient (Wildman–Crippen LogP) is 5.04. The number of hydrogen-bond acceptors (Lipinski definition) is 5. The van der Waals surface area contributed by atoms with Gasteiger partial charge in [0.15, 0.2) is 6.10 Å². The molecule has 3 rings (SSSR count). The van der Waals surface area contributed by atoms with Gasteiger partial charge >= 0.3 is 5.97 Å². The van der Waals surface area contributed by atoms with Gasteiger partial charge in [0.1, 0.15) is 23.3 Å². The van der Waals surface area contributed by atoms with Crippen molar-refractivity contribution >= 4 is 16.9 Å². The molecule has 0 aliphatic heterocycles. The standard InChI is InChI=1S/C23H24O6/c1-13-7-6-8-17(23(3,4)5)21(13)29-19-12-27-18-11-15(28-14(2)22(25)26)9-10-16(18)20(19)24/h6-12,14H,1-5H3,(H,25,26). The zero-order valence-corrected chi connectivity index (χ0v) is 17.1. The Bertz CT molecular complexity index is 1120. The molecule has 3 aromatic rings. The highest BCUT2D eigenvalue weighted by molar-refractivity contribution is 5.79. The number of ether oxygens (including phenoxy) is 2. The van der Waals surface area contributed by atoms with Crippen LogP contribution < -0.4 is 14.9 Å². The van der Waals surface area contributed by atoms with Crippen LogP contribution in [0.2, 0.25) is 0 Å². The Morgan fingerprint density at radius 1 is 1.17 bits per heavy atom. The van der Waals surface area contributed by atoms with E-state index < -0.39 is 12.1 Å². The third-order valence-corrected chi connectivity index (χ3v) is 4.61. The maximum atomic E-state index is 12.9. The fourth-order valence-corrected chi connectivity index (χ4v) is 2.98. The van der Waals surface area contributed by atoms with Crippen molar-refractivity contribution in [2.45, 2.75) is 46.1 Å². The molecule has 0 saturated carbocycles. The Morgan fingerprint density at radius 3 is 2.55 bits per heavy atom. The molecule has 29 heavy (non-hydrogen) atoms. The maximum Gasteiger partial charge on any atom is 0.344 e. The minimum absolute atomic E-state index is 0.0878. The molecular formula is C23H24O6. The average molecular weight is 396 g/mol. The van der Waals surface area contributed by atoms with E-state index in [-0.39, 0.29) is 16.6 Å². The zero-order chi connectivity index (χ0) is 21.3. The van der Waals surface area contributed by atoms with Gasteiger partial charge in [-0.3, -0.25) is 4.79 Å². The van der Waals surface area contributed by atoms with Crippen LogP contribution in [-0.2, 0) is 10.2 Å². The van der Waals surface area contributed by atoms with Crippen LogP contribution in [0.3, 0.4) is 0 Å². The maximum absolute atomic E-state index is 12.9. The van der Waals surface area contributed by atoms with E-state index in [2.05, 4.69) is 20.8 Å². The Labute approximate surface area is 168 Å². The first-order valence-electron chi connectivity index (χ1n) is 9.31. The van der Waals surface area contributed by atoms with Gasteiger partial charge in [-0.25, -0.2) is 4.79 Å². The van der Waals surface area contributed by atoms with Crippen molar-refractivity contribution in [3.8, 4) is 17.2 Å². The quantitative estimate of drug-likeness (QED) is 0.650. The van der Waals surface area contributed by atoms with E-state index in [0.717, 1.165) is 11.1 Å². The Balaban J connectivity index is 2.00. The number of aliphatic carboxylic acids is 1. The van der Waals surface area contributed by atoms with E-state index in [9.17, 15) is 9.59 Å². The summed E-state index contributed by atoms with van der Waals surface area (Å²) in [5.41, 5.74) is 1.73. The van der Waals surface area contributed by atoms with Crippen LogP contribution in [0, 0.1) is 6.92 Å². The molecule has 0 radical (unpaired) electrons. The molecule has 1 aromatic heterocycles. The number of carboxylic acids is 1. The molecule has 152 valence electrons. The summed E-state index contributed by atoms with van der Waals surface area (Å²) in [6.07, 6.45) is 0.257. The van der Waals surface area contributed by atoms with Gasteiger partial charge in [0.2, 0.25) is 11.2 Å². The van der Waals surface area contributed by atoms with Crippen molar-refractivity contribution in [3.05, 3.63) is 64.0 Å². The van der Waals surface area contributed by atoms with Crippen LogP contribution in [0.15, 0.2) is 51.9 Å². The number of rotatable bonds is 5. The summed E-state index contributed by atoms with van der Waals surface area (Å²) in [7, 11) is 0. The van der Waals surface area contributed by atoms with Crippen molar-refractivity contribution < 1.29 is 23.8 Å². The van der Waals surface area contributed by atoms with E-state index in [1.165, 1.54) is 25.3 Å². The molecule has 6 nitrogen and oxygen atoms in total. The summed E-state index contributed by atoms with van der Waals surface area (Å²) in [6.45, 7) is 9.60. The van der Waals surface area contributed by atoms with Gasteiger partial charge in [-0.05, 0) is 37.0 Å². The summed E-state index contributed by atoms with van der Waals surface area (Å²) in [5.74, 6) is -0.0481. The molecule has 0 bridgehead atoms. The molecule has 0 saturated heterocycles. The topological polar surface area (TPSA) is 86.0 Å². The lowest BCUT2D eigenvalue weighted by molar-refractivity contribution is -0.144. The number of benzene rings is 2. The van der Waals surface area contributed by atoms with Gasteiger partial charge in [-0.15, -0.1) is 0 Å². The number of hydrogen-bond donors (Lipinski definition) is 1. The van der Waals surface area contributed by atoms with Gasteiger partial charge in [0, 0.05) is 11.6 Å². The highest BCUT2D eigenvalue weighted by Crippen LogP contribution is 2.36. The third kappa shape index (κ3) is 4.26. The van der Waals surface area contributed by atoms with Crippen LogP contribution in [-0.4, -0.2) is 17.2 Å². The van der Waals surface area contributed by atoms with E-state index >= 15 is 0 Å². The zero-order valence-electron chi connectivity index (χ0n) is 17.1. The van der Waals surface area contributed by atoms with Crippen molar-refractivity contribution in [1.29, 1.82) is 0 Å². The Morgan fingerprint density at radius 2 is 1.90 bits per heavy atom. The Kier molecular flexibility index (Phi) is 5.38. The van der Waals surface area contributed by atoms with E-state index in [4.69, 9.17) is 19.0 Å². The van der Waals surface area contributed by atoms with Gasteiger partial charge in [0.05, 0.1) is 5.39 Å². The van der Waals surface area contributed by atoms with Gasteiger partial charge in [-0.2, -0.15) is 0 Å². The van der Waals surface area contributed by atoms with Crippen LogP contribution in [0.4, 0.5) is 0 Å². The lowest BCUT2D eigenvalue weighted by atomic mass is 9.85. The molecule has 1 atom stereocenters. The Hall–Kier alpha value is -3.28. The number of aryl methyl sites for hydroxylation is 1. The van der Waals surface area contributed by atoms with Crippen molar-refractivity contribution in [2.75, 3.05) is 0 Å².